The Hall–Kier alpha value is -3.85. The van der Waals surface area contributed by atoms with Crippen molar-refractivity contribution in [3.05, 3.63) is 137 Å². The summed E-state index contributed by atoms with van der Waals surface area (Å²) in [5.74, 6) is -0.158. The number of rotatable bonds is 9. The number of carbonyl (C=O) groups excluding carboxylic acids is 1. The summed E-state index contributed by atoms with van der Waals surface area (Å²) >= 11 is 0. The third-order valence-corrected chi connectivity index (χ3v) is 8.24. The van der Waals surface area contributed by atoms with E-state index in [4.69, 9.17) is 9.47 Å². The molecule has 0 radical (unpaired) electrons. The van der Waals surface area contributed by atoms with Crippen LogP contribution in [0.3, 0.4) is 0 Å². The van der Waals surface area contributed by atoms with Crippen LogP contribution in [0.1, 0.15) is 51.4 Å². The molecule has 2 aliphatic rings. The summed E-state index contributed by atoms with van der Waals surface area (Å²) in [4.78, 5) is 17.8. The first-order chi connectivity index (χ1) is 21.1. The molecule has 0 aromatic heterocycles. The SMILES string of the molecule is O=C(Nc1cccc([C@@H]2O[C@H](CN3CCN(Cc4ccccc4)CC3)C[C@H](c3ccc(CO)cc3)O2)c1)c1ccccc1. The van der Waals surface area contributed by atoms with Crippen LogP contribution in [-0.2, 0) is 22.6 Å². The Balaban J connectivity index is 1.14. The average Bonchev–Trinajstić information content (AvgIpc) is 3.06. The molecule has 2 N–H and O–H groups in total. The van der Waals surface area contributed by atoms with Crippen molar-refractivity contribution >= 4 is 11.6 Å². The molecule has 1 amide bonds. The monoisotopic (exact) mass is 577 g/mol. The number of nitrogens with zero attached hydrogens (tertiary/aromatic N) is 2. The Morgan fingerprint density at radius 3 is 2.16 bits per heavy atom. The van der Waals surface area contributed by atoms with Gasteiger partial charge in [-0.05, 0) is 41.0 Å². The normalized spacial score (nSPS) is 21.4. The van der Waals surface area contributed by atoms with Gasteiger partial charge in [0.2, 0.25) is 0 Å². The van der Waals surface area contributed by atoms with Crippen LogP contribution >= 0.6 is 0 Å². The van der Waals surface area contributed by atoms with E-state index >= 15 is 0 Å². The minimum Gasteiger partial charge on any atom is -0.392 e. The highest BCUT2D eigenvalue weighted by atomic mass is 16.7. The number of carbonyl (C=O) groups is 1. The van der Waals surface area contributed by atoms with Gasteiger partial charge in [-0.2, -0.15) is 0 Å². The van der Waals surface area contributed by atoms with Crippen LogP contribution < -0.4 is 5.32 Å². The number of piperazine rings is 1. The number of benzene rings is 4. The number of anilines is 1. The second-order valence-electron chi connectivity index (χ2n) is 11.4. The number of aliphatic hydroxyl groups is 1. The molecule has 43 heavy (non-hydrogen) atoms. The first-order valence-corrected chi connectivity index (χ1v) is 15.1. The third-order valence-electron chi connectivity index (χ3n) is 8.24. The van der Waals surface area contributed by atoms with Crippen LogP contribution in [0, 0.1) is 0 Å². The molecule has 2 aliphatic heterocycles. The summed E-state index contributed by atoms with van der Waals surface area (Å²) in [6, 6.07) is 35.5. The van der Waals surface area contributed by atoms with Gasteiger partial charge >= 0.3 is 0 Å². The van der Waals surface area contributed by atoms with E-state index in [9.17, 15) is 9.90 Å². The molecular weight excluding hydrogens is 538 g/mol. The van der Waals surface area contributed by atoms with Crippen LogP contribution in [0.25, 0.3) is 0 Å². The van der Waals surface area contributed by atoms with E-state index in [0.717, 1.165) is 62.4 Å². The zero-order valence-corrected chi connectivity index (χ0v) is 24.3. The predicted octanol–water partition coefficient (Wildman–Crippen LogP) is 5.79. The summed E-state index contributed by atoms with van der Waals surface area (Å²) in [6.07, 6.45) is -0.0129. The van der Waals surface area contributed by atoms with Crippen LogP contribution in [0.15, 0.2) is 109 Å². The Kier molecular flexibility index (Phi) is 9.57. The highest BCUT2D eigenvalue weighted by molar-refractivity contribution is 6.04. The molecule has 7 nitrogen and oxygen atoms in total. The zero-order chi connectivity index (χ0) is 29.4. The van der Waals surface area contributed by atoms with Gasteiger partial charge < -0.3 is 19.9 Å². The van der Waals surface area contributed by atoms with Crippen LogP contribution in [-0.4, -0.2) is 59.6 Å². The number of nitrogens with one attached hydrogen (secondary N) is 1. The first-order valence-electron chi connectivity index (χ1n) is 15.1. The molecular formula is C36H39N3O4. The molecule has 3 atom stereocenters. The average molecular weight is 578 g/mol. The number of amides is 1. The molecule has 0 bridgehead atoms. The van der Waals surface area contributed by atoms with Gasteiger partial charge in [-0.15, -0.1) is 0 Å². The standard InChI is InChI=1S/C36H39N3O4/c40-26-28-14-16-29(17-15-28)34-23-33(25-39-20-18-38(19-21-39)24-27-8-3-1-4-9-27)42-36(43-34)31-12-7-13-32(22-31)37-35(41)30-10-5-2-6-11-30/h1-17,22,33-34,36,40H,18-21,23-26H2,(H,37,41)/t33-,34+,36+/m0/s1. The van der Waals surface area contributed by atoms with Gasteiger partial charge in [0, 0.05) is 62.5 Å². The number of ether oxygens (including phenoxy) is 2. The molecule has 0 saturated carbocycles. The van der Waals surface area contributed by atoms with Crippen molar-refractivity contribution in [2.75, 3.05) is 38.0 Å². The van der Waals surface area contributed by atoms with E-state index in [-0.39, 0.29) is 24.7 Å². The van der Waals surface area contributed by atoms with Crippen LogP contribution in [0.4, 0.5) is 5.69 Å². The van der Waals surface area contributed by atoms with Gasteiger partial charge in [0.25, 0.3) is 5.91 Å². The van der Waals surface area contributed by atoms with Crippen LogP contribution in [0.5, 0.6) is 0 Å². The van der Waals surface area contributed by atoms with Crippen molar-refractivity contribution < 1.29 is 19.4 Å². The fourth-order valence-electron chi connectivity index (χ4n) is 5.85. The third kappa shape index (κ3) is 7.76. The topological polar surface area (TPSA) is 74.3 Å². The highest BCUT2D eigenvalue weighted by Gasteiger charge is 2.34. The summed E-state index contributed by atoms with van der Waals surface area (Å²) in [7, 11) is 0. The number of hydrogen-bond donors (Lipinski definition) is 2. The van der Waals surface area contributed by atoms with E-state index < -0.39 is 6.29 Å². The summed E-state index contributed by atoms with van der Waals surface area (Å²) in [6.45, 7) is 5.86. The fourth-order valence-corrected chi connectivity index (χ4v) is 5.85. The van der Waals surface area contributed by atoms with Gasteiger partial charge in [-0.1, -0.05) is 84.9 Å². The van der Waals surface area contributed by atoms with E-state index in [1.54, 1.807) is 12.1 Å². The molecule has 222 valence electrons. The van der Waals surface area contributed by atoms with Crippen LogP contribution in [0.2, 0.25) is 0 Å². The second-order valence-corrected chi connectivity index (χ2v) is 11.4. The lowest BCUT2D eigenvalue weighted by atomic mass is 9.99. The van der Waals surface area contributed by atoms with Crippen molar-refractivity contribution in [1.82, 2.24) is 9.80 Å². The lowest BCUT2D eigenvalue weighted by Gasteiger charge is -2.41. The lowest BCUT2D eigenvalue weighted by Crippen LogP contribution is -2.49. The number of hydrogen-bond acceptors (Lipinski definition) is 6. The largest absolute Gasteiger partial charge is 0.392 e. The van der Waals surface area contributed by atoms with Gasteiger partial charge in [0.15, 0.2) is 6.29 Å². The van der Waals surface area contributed by atoms with Gasteiger partial charge in [-0.25, -0.2) is 0 Å². The Labute approximate surface area is 253 Å². The van der Waals surface area contributed by atoms with Crippen molar-refractivity contribution in [3.8, 4) is 0 Å². The van der Waals surface area contributed by atoms with Crippen molar-refractivity contribution in [2.45, 2.75) is 38.1 Å². The Morgan fingerprint density at radius 1 is 0.744 bits per heavy atom. The fraction of sp³-hybridized carbons (Fsp3) is 0.306. The summed E-state index contributed by atoms with van der Waals surface area (Å²) in [5.41, 5.74) is 5.45. The summed E-state index contributed by atoms with van der Waals surface area (Å²) in [5, 5.41) is 12.5. The lowest BCUT2D eigenvalue weighted by molar-refractivity contribution is -0.253. The molecule has 0 spiro atoms. The molecule has 7 heteroatoms. The molecule has 0 unspecified atom stereocenters. The quantitative estimate of drug-likeness (QED) is 0.262. The van der Waals surface area contributed by atoms with Gasteiger partial charge in [0.1, 0.15) is 0 Å². The molecule has 4 aromatic carbocycles. The zero-order valence-electron chi connectivity index (χ0n) is 24.3. The molecule has 0 aliphatic carbocycles. The predicted molar refractivity (Wildman–Crippen MR) is 167 cm³/mol. The van der Waals surface area contributed by atoms with E-state index in [1.807, 2.05) is 66.7 Å². The molecule has 2 fully saturated rings. The van der Waals surface area contributed by atoms with Gasteiger partial charge in [-0.3, -0.25) is 14.6 Å². The van der Waals surface area contributed by atoms with Crippen molar-refractivity contribution in [2.24, 2.45) is 0 Å². The minimum absolute atomic E-state index is 0.0118. The van der Waals surface area contributed by atoms with E-state index in [0.29, 0.717) is 11.3 Å². The smallest absolute Gasteiger partial charge is 0.255 e. The first kappa shape index (κ1) is 29.2. The van der Waals surface area contributed by atoms with E-state index in [1.165, 1.54) is 5.56 Å². The molecule has 2 saturated heterocycles. The Bertz CT molecular complexity index is 1460. The van der Waals surface area contributed by atoms with Gasteiger partial charge in [0.05, 0.1) is 18.8 Å². The number of aliphatic hydroxyl groups excluding tert-OH is 1. The molecule has 4 aromatic rings. The summed E-state index contributed by atoms with van der Waals surface area (Å²) < 4.78 is 13.2. The van der Waals surface area contributed by atoms with Crippen molar-refractivity contribution in [3.63, 3.8) is 0 Å². The molecule has 2 heterocycles. The van der Waals surface area contributed by atoms with Crippen molar-refractivity contribution in [1.29, 1.82) is 0 Å². The second kappa shape index (κ2) is 14.1. The minimum atomic E-state index is -0.575. The highest BCUT2D eigenvalue weighted by Crippen LogP contribution is 2.38. The Morgan fingerprint density at radius 2 is 1.44 bits per heavy atom. The maximum absolute atomic E-state index is 12.8. The van der Waals surface area contributed by atoms with E-state index in [2.05, 4.69) is 45.4 Å². The molecule has 6 rings (SSSR count). The maximum Gasteiger partial charge on any atom is 0.255 e. The maximum atomic E-state index is 12.8.